The van der Waals surface area contributed by atoms with Gasteiger partial charge in [-0.1, -0.05) is 76.9 Å². The van der Waals surface area contributed by atoms with Gasteiger partial charge in [0.2, 0.25) is 5.91 Å². The number of alkyl halides is 1. The minimum Gasteiger partial charge on any atom is -0.480 e. The van der Waals surface area contributed by atoms with Gasteiger partial charge in [0.05, 0.1) is 0 Å². The lowest BCUT2D eigenvalue weighted by Crippen LogP contribution is -2.35. The van der Waals surface area contributed by atoms with Gasteiger partial charge in [-0.05, 0) is 58.4 Å². The zero-order chi connectivity index (χ0) is 21.3. The van der Waals surface area contributed by atoms with E-state index in [1.54, 1.807) is 12.1 Å². The van der Waals surface area contributed by atoms with E-state index in [1.807, 2.05) is 54.6 Å². The molecule has 0 aliphatic heterocycles. The molecule has 0 fully saturated rings. The molecule has 0 saturated heterocycles. The molecule has 3 aromatic rings. The summed E-state index contributed by atoms with van der Waals surface area (Å²) in [6.07, 6.45) is 2.22. The van der Waals surface area contributed by atoms with E-state index in [0.717, 1.165) is 51.6 Å². The zero-order valence-electron chi connectivity index (χ0n) is 16.4. The number of amides is 1. The Labute approximate surface area is 183 Å². The molecule has 1 atom stereocenters. The summed E-state index contributed by atoms with van der Waals surface area (Å²) in [5, 5.41) is 11.4. The molecule has 0 aromatic heterocycles. The van der Waals surface area contributed by atoms with Crippen molar-refractivity contribution in [2.45, 2.75) is 24.7 Å². The van der Waals surface area contributed by atoms with Gasteiger partial charge in [-0.25, -0.2) is 0 Å². The number of aliphatic carboxylic acids is 1. The molecule has 0 heterocycles. The number of benzene rings is 3. The molecule has 1 amide bonds. The highest BCUT2D eigenvalue weighted by atomic mass is 79.9. The van der Waals surface area contributed by atoms with Crippen LogP contribution in [0.1, 0.15) is 40.7 Å². The van der Waals surface area contributed by atoms with E-state index in [4.69, 9.17) is 5.73 Å². The maximum atomic E-state index is 12.9. The average Bonchev–Trinajstić information content (AvgIpc) is 3.05. The van der Waals surface area contributed by atoms with Crippen LogP contribution in [0.25, 0.3) is 22.3 Å². The fourth-order valence-corrected chi connectivity index (χ4v) is 4.99. The third-order valence-electron chi connectivity index (χ3n) is 5.95. The van der Waals surface area contributed by atoms with Crippen LogP contribution in [0, 0.1) is 0 Å². The number of carboxylic acid groups (broad SMARTS) is 1. The Morgan fingerprint density at radius 3 is 2.20 bits per heavy atom. The van der Waals surface area contributed by atoms with Crippen molar-refractivity contribution in [3.05, 3.63) is 83.4 Å². The van der Waals surface area contributed by atoms with Crippen LogP contribution < -0.4 is 5.73 Å². The van der Waals surface area contributed by atoms with Gasteiger partial charge in [0.1, 0.15) is 5.41 Å². The summed E-state index contributed by atoms with van der Waals surface area (Å²) in [7, 11) is 0. The average molecular weight is 464 g/mol. The first-order chi connectivity index (χ1) is 14.5. The number of carbonyl (C=O) groups excluding carboxylic acids is 1. The number of unbranched alkanes of at least 4 members (excludes halogenated alkanes) is 1. The van der Waals surface area contributed by atoms with Crippen molar-refractivity contribution in [1.29, 1.82) is 0 Å². The molecule has 3 N–H and O–H groups in total. The van der Waals surface area contributed by atoms with Crippen LogP contribution >= 0.6 is 15.9 Å². The first-order valence-corrected chi connectivity index (χ1v) is 11.1. The molecule has 0 bridgehead atoms. The van der Waals surface area contributed by atoms with E-state index in [9.17, 15) is 14.7 Å². The normalized spacial score (nSPS) is 16.7. The molecule has 0 radical (unpaired) electrons. The van der Waals surface area contributed by atoms with Gasteiger partial charge in [-0.15, -0.1) is 0 Å². The summed E-state index contributed by atoms with van der Waals surface area (Å²) in [4.78, 5) is 24.4. The van der Waals surface area contributed by atoms with Gasteiger partial charge in [-0.2, -0.15) is 0 Å². The molecule has 152 valence electrons. The Hall–Kier alpha value is -2.92. The quantitative estimate of drug-likeness (QED) is 0.365. The standard InChI is InChI=1S/C25H22BrNO3/c26-15-4-3-14-25(24(29)30)21-9-2-1-6-19(21)20-8-5-7-18(22(20)25)16-10-12-17(13-11-16)23(27)28/h1-2,5-13H,3-4,14-15H2,(H2,27,28)(H,29,30). The summed E-state index contributed by atoms with van der Waals surface area (Å²) in [6.45, 7) is 0. The summed E-state index contributed by atoms with van der Waals surface area (Å²) in [5.74, 6) is -1.31. The van der Waals surface area contributed by atoms with E-state index >= 15 is 0 Å². The van der Waals surface area contributed by atoms with Crippen molar-refractivity contribution in [1.82, 2.24) is 0 Å². The molecule has 4 rings (SSSR count). The SMILES string of the molecule is NC(=O)c1ccc(-c2cccc3c2C(CCCCBr)(C(=O)O)c2ccccc2-3)cc1. The van der Waals surface area contributed by atoms with Crippen molar-refractivity contribution in [3.63, 3.8) is 0 Å². The zero-order valence-corrected chi connectivity index (χ0v) is 18.0. The molecular weight excluding hydrogens is 442 g/mol. The maximum absolute atomic E-state index is 12.9. The molecule has 1 aliphatic rings. The number of primary amides is 1. The number of fused-ring (bicyclic) bond motifs is 3. The second kappa shape index (κ2) is 8.07. The monoisotopic (exact) mass is 463 g/mol. The van der Waals surface area contributed by atoms with Crippen molar-refractivity contribution in [2.24, 2.45) is 5.73 Å². The number of nitrogens with two attached hydrogens (primary N) is 1. The summed E-state index contributed by atoms with van der Waals surface area (Å²) >= 11 is 3.46. The lowest BCUT2D eigenvalue weighted by atomic mass is 9.72. The number of carboxylic acids is 1. The van der Waals surface area contributed by atoms with E-state index < -0.39 is 17.3 Å². The van der Waals surface area contributed by atoms with Crippen LogP contribution in [0.5, 0.6) is 0 Å². The van der Waals surface area contributed by atoms with E-state index in [2.05, 4.69) is 15.9 Å². The first-order valence-electron chi connectivity index (χ1n) is 9.93. The number of rotatable bonds is 7. The molecule has 4 nitrogen and oxygen atoms in total. The Kier molecular flexibility index (Phi) is 5.48. The molecular formula is C25H22BrNO3. The Morgan fingerprint density at radius 1 is 0.867 bits per heavy atom. The lowest BCUT2D eigenvalue weighted by molar-refractivity contribution is -0.142. The third kappa shape index (κ3) is 3.14. The highest BCUT2D eigenvalue weighted by Crippen LogP contribution is 2.54. The highest BCUT2D eigenvalue weighted by Gasteiger charge is 2.50. The first kappa shape index (κ1) is 20.4. The topological polar surface area (TPSA) is 80.4 Å². The predicted octanol–water partition coefficient (Wildman–Crippen LogP) is 5.37. The molecule has 1 aliphatic carbocycles. The van der Waals surface area contributed by atoms with E-state index in [1.165, 1.54) is 0 Å². The predicted molar refractivity (Wildman–Crippen MR) is 122 cm³/mol. The number of hydrogen-bond donors (Lipinski definition) is 2. The van der Waals surface area contributed by atoms with Gasteiger partial charge in [-0.3, -0.25) is 9.59 Å². The van der Waals surface area contributed by atoms with Crippen molar-refractivity contribution >= 4 is 27.8 Å². The Morgan fingerprint density at radius 2 is 1.53 bits per heavy atom. The fourth-order valence-electron chi connectivity index (χ4n) is 4.59. The molecule has 0 spiro atoms. The molecule has 3 aromatic carbocycles. The van der Waals surface area contributed by atoms with Crippen molar-refractivity contribution in [3.8, 4) is 22.3 Å². The fraction of sp³-hybridized carbons (Fsp3) is 0.200. The minimum absolute atomic E-state index is 0.427. The van der Waals surface area contributed by atoms with Crippen LogP contribution in [-0.4, -0.2) is 22.3 Å². The third-order valence-corrected chi connectivity index (χ3v) is 6.51. The Bertz CT molecular complexity index is 1120. The number of hydrogen-bond acceptors (Lipinski definition) is 2. The maximum Gasteiger partial charge on any atom is 0.318 e. The lowest BCUT2D eigenvalue weighted by Gasteiger charge is -2.29. The van der Waals surface area contributed by atoms with Gasteiger partial charge in [0.25, 0.3) is 0 Å². The second-order valence-corrected chi connectivity index (χ2v) is 8.36. The molecule has 5 heteroatoms. The largest absolute Gasteiger partial charge is 0.480 e. The van der Waals surface area contributed by atoms with Crippen molar-refractivity contribution in [2.75, 3.05) is 5.33 Å². The smallest absolute Gasteiger partial charge is 0.318 e. The van der Waals surface area contributed by atoms with Crippen LogP contribution in [0.2, 0.25) is 0 Å². The van der Waals surface area contributed by atoms with Gasteiger partial charge in [0, 0.05) is 10.9 Å². The van der Waals surface area contributed by atoms with Gasteiger partial charge < -0.3 is 10.8 Å². The number of halogens is 1. The van der Waals surface area contributed by atoms with Gasteiger partial charge in [0.15, 0.2) is 0 Å². The Balaban J connectivity index is 1.97. The van der Waals surface area contributed by atoms with E-state index in [0.29, 0.717) is 12.0 Å². The summed E-state index contributed by atoms with van der Waals surface area (Å²) in [5.41, 5.74) is 10.1. The summed E-state index contributed by atoms with van der Waals surface area (Å²) in [6, 6.07) is 20.8. The van der Waals surface area contributed by atoms with Crippen LogP contribution in [0.3, 0.4) is 0 Å². The highest BCUT2D eigenvalue weighted by molar-refractivity contribution is 9.09. The molecule has 1 unspecified atom stereocenters. The van der Waals surface area contributed by atoms with Gasteiger partial charge >= 0.3 is 5.97 Å². The van der Waals surface area contributed by atoms with Crippen LogP contribution in [0.15, 0.2) is 66.7 Å². The van der Waals surface area contributed by atoms with Crippen LogP contribution in [0.4, 0.5) is 0 Å². The molecule has 0 saturated carbocycles. The van der Waals surface area contributed by atoms with E-state index in [-0.39, 0.29) is 0 Å². The minimum atomic E-state index is -1.10. The summed E-state index contributed by atoms with van der Waals surface area (Å²) < 4.78 is 0. The second-order valence-electron chi connectivity index (χ2n) is 7.57. The molecule has 30 heavy (non-hydrogen) atoms. The number of carbonyl (C=O) groups is 2. The van der Waals surface area contributed by atoms with Crippen molar-refractivity contribution < 1.29 is 14.7 Å². The van der Waals surface area contributed by atoms with Crippen LogP contribution in [-0.2, 0) is 10.2 Å².